The quantitative estimate of drug-likeness (QED) is 0.571. The standard InChI is InChI=1S/C25H40O3/c1-16(8-11-23(27)28-4)18-9-10-19-17-15-22(26)21-7-5-6-13-24(21,2)20(17)12-14-25(18,19)3/h16-21H,5-15H2,1-4H3/t16-,17?,18?,19?,20?,21?,24?,25?/m1/s1. The molecule has 0 N–H and O–H groups in total. The second-order valence-corrected chi connectivity index (χ2v) is 11.2. The van der Waals surface area contributed by atoms with Gasteiger partial charge in [0.05, 0.1) is 7.11 Å². The number of carbonyl (C=O) groups excluding carboxylic acids is 2. The van der Waals surface area contributed by atoms with Crippen LogP contribution >= 0.6 is 0 Å². The van der Waals surface area contributed by atoms with Crippen LogP contribution in [0.25, 0.3) is 0 Å². The Balaban J connectivity index is 1.53. The summed E-state index contributed by atoms with van der Waals surface area (Å²) in [5.41, 5.74) is 0.628. The van der Waals surface area contributed by atoms with Gasteiger partial charge in [-0.15, -0.1) is 0 Å². The summed E-state index contributed by atoms with van der Waals surface area (Å²) in [5, 5.41) is 0. The monoisotopic (exact) mass is 388 g/mol. The van der Waals surface area contributed by atoms with Gasteiger partial charge in [0, 0.05) is 18.8 Å². The minimum Gasteiger partial charge on any atom is -0.469 e. The molecule has 4 rings (SSSR count). The van der Waals surface area contributed by atoms with Crippen molar-refractivity contribution in [3.8, 4) is 0 Å². The number of hydrogen-bond acceptors (Lipinski definition) is 3. The average molecular weight is 389 g/mol. The predicted molar refractivity (Wildman–Crippen MR) is 111 cm³/mol. The van der Waals surface area contributed by atoms with Crippen LogP contribution in [-0.4, -0.2) is 18.9 Å². The van der Waals surface area contributed by atoms with E-state index in [4.69, 9.17) is 4.74 Å². The van der Waals surface area contributed by atoms with E-state index in [0.717, 1.165) is 25.2 Å². The lowest BCUT2D eigenvalue weighted by molar-refractivity contribution is -0.154. The molecule has 4 saturated carbocycles. The van der Waals surface area contributed by atoms with Crippen molar-refractivity contribution >= 4 is 11.8 Å². The molecule has 0 saturated heterocycles. The van der Waals surface area contributed by atoms with Crippen LogP contribution in [0.4, 0.5) is 0 Å². The molecule has 0 aliphatic heterocycles. The van der Waals surface area contributed by atoms with Gasteiger partial charge in [0.1, 0.15) is 5.78 Å². The lowest BCUT2D eigenvalue weighted by Crippen LogP contribution is -2.56. The molecule has 0 radical (unpaired) electrons. The molecule has 4 aliphatic rings. The molecule has 0 amide bonds. The lowest BCUT2D eigenvalue weighted by Gasteiger charge is -2.60. The number of fused-ring (bicyclic) bond motifs is 5. The third kappa shape index (κ3) is 3.06. The van der Waals surface area contributed by atoms with E-state index in [2.05, 4.69) is 20.8 Å². The SMILES string of the molecule is COC(=O)CC[C@@H](C)C1CCC2C3CC(=O)C4CCCCC4(C)C3CCC21C. The maximum atomic E-state index is 13.2. The summed E-state index contributed by atoms with van der Waals surface area (Å²) in [6.07, 6.45) is 12.5. The van der Waals surface area contributed by atoms with Gasteiger partial charge in [0.25, 0.3) is 0 Å². The van der Waals surface area contributed by atoms with E-state index in [0.29, 0.717) is 47.2 Å². The highest BCUT2D eigenvalue weighted by atomic mass is 16.5. The minimum atomic E-state index is -0.0793. The third-order valence-corrected chi connectivity index (χ3v) is 10.2. The van der Waals surface area contributed by atoms with E-state index in [1.54, 1.807) is 0 Å². The Hall–Kier alpha value is -0.860. The molecule has 158 valence electrons. The Morgan fingerprint density at radius 2 is 1.82 bits per heavy atom. The average Bonchev–Trinajstić information content (AvgIpc) is 3.03. The van der Waals surface area contributed by atoms with Gasteiger partial charge < -0.3 is 4.74 Å². The van der Waals surface area contributed by atoms with Crippen LogP contribution in [0, 0.1) is 46.3 Å². The summed E-state index contributed by atoms with van der Waals surface area (Å²) in [7, 11) is 1.49. The second-order valence-electron chi connectivity index (χ2n) is 11.2. The smallest absolute Gasteiger partial charge is 0.305 e. The van der Waals surface area contributed by atoms with Crippen molar-refractivity contribution in [2.45, 2.75) is 91.4 Å². The lowest BCUT2D eigenvalue weighted by atomic mass is 9.44. The fourth-order valence-electron chi connectivity index (χ4n) is 8.72. The van der Waals surface area contributed by atoms with Crippen LogP contribution in [0.1, 0.15) is 91.4 Å². The maximum absolute atomic E-state index is 13.2. The van der Waals surface area contributed by atoms with Gasteiger partial charge in [0.15, 0.2) is 0 Å². The summed E-state index contributed by atoms with van der Waals surface area (Å²) in [5.74, 6) is 4.20. The molecule has 3 heteroatoms. The van der Waals surface area contributed by atoms with Gasteiger partial charge in [-0.05, 0) is 85.4 Å². The number of hydrogen-bond donors (Lipinski definition) is 0. The summed E-state index contributed by atoms with van der Waals surface area (Å²) >= 11 is 0. The molecule has 7 unspecified atom stereocenters. The predicted octanol–water partition coefficient (Wildman–Crippen LogP) is 5.80. The zero-order chi connectivity index (χ0) is 20.1. The van der Waals surface area contributed by atoms with Crippen molar-refractivity contribution in [3.05, 3.63) is 0 Å². The fourth-order valence-corrected chi connectivity index (χ4v) is 8.72. The molecule has 0 spiro atoms. The Kier molecular flexibility index (Phi) is 5.42. The number of esters is 1. The molecule has 0 aromatic carbocycles. The number of Topliss-reactive ketones (excluding diaryl/α,β-unsaturated/α-hetero) is 1. The molecule has 0 heterocycles. The van der Waals surface area contributed by atoms with Crippen molar-refractivity contribution in [1.29, 1.82) is 0 Å². The van der Waals surface area contributed by atoms with E-state index >= 15 is 0 Å². The van der Waals surface area contributed by atoms with Crippen LogP contribution in [0.3, 0.4) is 0 Å². The van der Waals surface area contributed by atoms with E-state index in [1.165, 1.54) is 52.1 Å². The van der Waals surface area contributed by atoms with Gasteiger partial charge in [-0.2, -0.15) is 0 Å². The second kappa shape index (κ2) is 7.43. The third-order valence-electron chi connectivity index (χ3n) is 10.2. The highest BCUT2D eigenvalue weighted by Crippen LogP contribution is 2.67. The number of methoxy groups -OCH3 is 1. The Morgan fingerprint density at radius 3 is 2.57 bits per heavy atom. The first kappa shape index (κ1) is 20.4. The van der Waals surface area contributed by atoms with Crippen LogP contribution in [0.2, 0.25) is 0 Å². The topological polar surface area (TPSA) is 43.4 Å². The van der Waals surface area contributed by atoms with Crippen molar-refractivity contribution in [2.75, 3.05) is 7.11 Å². The molecular weight excluding hydrogens is 348 g/mol. The largest absolute Gasteiger partial charge is 0.469 e. The van der Waals surface area contributed by atoms with E-state index in [-0.39, 0.29) is 11.4 Å². The Morgan fingerprint density at radius 1 is 1.07 bits per heavy atom. The van der Waals surface area contributed by atoms with Gasteiger partial charge in [-0.3, -0.25) is 9.59 Å². The van der Waals surface area contributed by atoms with Gasteiger partial charge in [-0.1, -0.05) is 33.6 Å². The van der Waals surface area contributed by atoms with Crippen molar-refractivity contribution < 1.29 is 14.3 Å². The summed E-state index contributed by atoms with van der Waals surface area (Å²) in [4.78, 5) is 24.8. The fraction of sp³-hybridized carbons (Fsp3) is 0.920. The first-order chi connectivity index (χ1) is 13.3. The van der Waals surface area contributed by atoms with Crippen LogP contribution in [-0.2, 0) is 14.3 Å². The molecule has 0 aromatic heterocycles. The summed E-state index contributed by atoms with van der Waals surface area (Å²) in [6.45, 7) is 7.34. The van der Waals surface area contributed by atoms with Crippen molar-refractivity contribution in [3.63, 3.8) is 0 Å². The number of ether oxygens (including phenoxy) is 1. The first-order valence-electron chi connectivity index (χ1n) is 11.9. The van der Waals surface area contributed by atoms with Crippen molar-refractivity contribution in [1.82, 2.24) is 0 Å². The highest BCUT2D eigenvalue weighted by Gasteiger charge is 2.61. The van der Waals surface area contributed by atoms with Crippen LogP contribution < -0.4 is 0 Å². The van der Waals surface area contributed by atoms with E-state index < -0.39 is 0 Å². The zero-order valence-corrected chi connectivity index (χ0v) is 18.5. The number of ketones is 1. The number of carbonyl (C=O) groups is 2. The van der Waals surface area contributed by atoms with E-state index in [9.17, 15) is 9.59 Å². The van der Waals surface area contributed by atoms with Crippen LogP contribution in [0.5, 0.6) is 0 Å². The van der Waals surface area contributed by atoms with Gasteiger partial charge in [0.2, 0.25) is 0 Å². The molecule has 8 atom stereocenters. The minimum absolute atomic E-state index is 0.0793. The van der Waals surface area contributed by atoms with Gasteiger partial charge in [-0.25, -0.2) is 0 Å². The van der Waals surface area contributed by atoms with E-state index in [1.807, 2.05) is 0 Å². The molecular formula is C25H40O3. The molecule has 0 bridgehead atoms. The molecule has 4 aliphatic carbocycles. The molecule has 4 fully saturated rings. The maximum Gasteiger partial charge on any atom is 0.305 e. The molecule has 3 nitrogen and oxygen atoms in total. The normalized spacial score (nSPS) is 46.3. The molecule has 28 heavy (non-hydrogen) atoms. The highest BCUT2D eigenvalue weighted by molar-refractivity contribution is 5.83. The summed E-state index contributed by atoms with van der Waals surface area (Å²) in [6, 6.07) is 0. The Labute approximate surface area is 171 Å². The van der Waals surface area contributed by atoms with Gasteiger partial charge >= 0.3 is 5.97 Å². The Bertz CT molecular complexity index is 627. The molecule has 0 aromatic rings. The zero-order valence-electron chi connectivity index (χ0n) is 18.5. The van der Waals surface area contributed by atoms with Crippen molar-refractivity contribution in [2.24, 2.45) is 46.3 Å². The number of rotatable bonds is 4. The van der Waals surface area contributed by atoms with Crippen LogP contribution in [0.15, 0.2) is 0 Å². The first-order valence-corrected chi connectivity index (χ1v) is 11.9. The summed E-state index contributed by atoms with van der Waals surface area (Å²) < 4.78 is 4.86.